The molecule has 2 rings (SSSR count). The summed E-state index contributed by atoms with van der Waals surface area (Å²) in [6.45, 7) is 0. The molecule has 8 heteroatoms. The molecule has 22 heavy (non-hydrogen) atoms. The fourth-order valence-electron chi connectivity index (χ4n) is 1.68. The molecule has 0 heterocycles. The molecule has 2 aromatic rings. The number of halogens is 5. The maximum Gasteiger partial charge on any atom is 0.418 e. The van der Waals surface area contributed by atoms with Gasteiger partial charge in [0.05, 0.1) is 21.9 Å². The van der Waals surface area contributed by atoms with E-state index in [4.69, 9.17) is 0 Å². The number of anilines is 1. The van der Waals surface area contributed by atoms with E-state index in [0.29, 0.717) is 14.5 Å². The molecule has 0 amide bonds. The Balaban J connectivity index is 2.25. The number of phenolic OH excluding ortho intramolecular Hbond substituents is 1. The van der Waals surface area contributed by atoms with Crippen molar-refractivity contribution in [1.29, 1.82) is 0 Å². The lowest BCUT2D eigenvalue weighted by Gasteiger charge is -2.11. The number of rotatable bonds is 3. The van der Waals surface area contributed by atoms with Gasteiger partial charge in [0, 0.05) is 10.0 Å². The zero-order chi connectivity index (χ0) is 16.3. The second kappa shape index (κ2) is 6.70. The van der Waals surface area contributed by atoms with Crippen molar-refractivity contribution in [2.75, 3.05) is 5.43 Å². The first-order valence-electron chi connectivity index (χ1n) is 5.92. The molecule has 0 saturated carbocycles. The van der Waals surface area contributed by atoms with Crippen molar-refractivity contribution in [3.63, 3.8) is 0 Å². The molecule has 0 bridgehead atoms. The van der Waals surface area contributed by atoms with Crippen molar-refractivity contribution >= 4 is 43.8 Å². The molecule has 0 fully saturated rings. The third-order valence-electron chi connectivity index (χ3n) is 2.68. The van der Waals surface area contributed by atoms with Crippen LogP contribution in [0.2, 0.25) is 0 Å². The number of alkyl halides is 3. The number of aromatic hydroxyl groups is 1. The smallest absolute Gasteiger partial charge is 0.418 e. The van der Waals surface area contributed by atoms with Gasteiger partial charge in [-0.2, -0.15) is 18.3 Å². The monoisotopic (exact) mass is 436 g/mol. The van der Waals surface area contributed by atoms with Gasteiger partial charge < -0.3 is 5.11 Å². The lowest BCUT2D eigenvalue weighted by molar-refractivity contribution is -0.136. The lowest BCUT2D eigenvalue weighted by Crippen LogP contribution is -2.08. The number of nitrogens with one attached hydrogen (secondary N) is 1. The molecule has 0 saturated heterocycles. The van der Waals surface area contributed by atoms with Crippen LogP contribution in [0.3, 0.4) is 0 Å². The van der Waals surface area contributed by atoms with Crippen LogP contribution in [0.4, 0.5) is 18.9 Å². The number of benzene rings is 2. The minimum absolute atomic E-state index is 0.0575. The van der Waals surface area contributed by atoms with Crippen LogP contribution in [0, 0.1) is 0 Å². The summed E-state index contributed by atoms with van der Waals surface area (Å²) in [6, 6.07) is 8.23. The summed E-state index contributed by atoms with van der Waals surface area (Å²) in [5.41, 5.74) is 1.71. The largest absolute Gasteiger partial charge is 0.506 e. The fourth-order valence-corrected chi connectivity index (χ4v) is 2.94. The zero-order valence-electron chi connectivity index (χ0n) is 10.8. The van der Waals surface area contributed by atoms with Crippen LogP contribution in [0.5, 0.6) is 5.75 Å². The first-order chi connectivity index (χ1) is 10.3. The summed E-state index contributed by atoms with van der Waals surface area (Å²) >= 11 is 6.41. The van der Waals surface area contributed by atoms with Crippen molar-refractivity contribution < 1.29 is 18.3 Å². The van der Waals surface area contributed by atoms with Crippen LogP contribution in [0.25, 0.3) is 0 Å². The predicted octanol–water partition coefficient (Wildman–Crippen LogP) is 5.38. The third-order valence-corrected chi connectivity index (χ3v) is 3.74. The first kappa shape index (κ1) is 16.8. The molecule has 0 aromatic heterocycles. The summed E-state index contributed by atoms with van der Waals surface area (Å²) in [5, 5.41) is 13.6. The molecular weight excluding hydrogens is 429 g/mol. The van der Waals surface area contributed by atoms with Gasteiger partial charge >= 0.3 is 6.18 Å². The number of hydrazone groups is 1. The fraction of sp³-hybridized carbons (Fsp3) is 0.0714. The molecule has 2 aromatic carbocycles. The predicted molar refractivity (Wildman–Crippen MR) is 86.2 cm³/mol. The summed E-state index contributed by atoms with van der Waals surface area (Å²) in [4.78, 5) is 0. The van der Waals surface area contributed by atoms with Gasteiger partial charge in [-0.1, -0.05) is 28.1 Å². The van der Waals surface area contributed by atoms with E-state index in [9.17, 15) is 18.3 Å². The minimum atomic E-state index is -4.47. The number of nitrogens with zero attached hydrogens (tertiary/aromatic N) is 1. The Morgan fingerprint density at radius 2 is 1.82 bits per heavy atom. The highest BCUT2D eigenvalue weighted by Gasteiger charge is 2.33. The van der Waals surface area contributed by atoms with E-state index in [-0.39, 0.29) is 11.4 Å². The molecule has 2 N–H and O–H groups in total. The quantitative estimate of drug-likeness (QED) is 0.500. The van der Waals surface area contributed by atoms with Gasteiger partial charge in [0.2, 0.25) is 0 Å². The highest BCUT2D eigenvalue weighted by Crippen LogP contribution is 2.34. The van der Waals surface area contributed by atoms with Gasteiger partial charge in [-0.25, -0.2) is 0 Å². The average molecular weight is 438 g/mol. The third kappa shape index (κ3) is 4.01. The maximum atomic E-state index is 12.8. The highest BCUT2D eigenvalue weighted by molar-refractivity contribution is 9.11. The molecule has 0 aliphatic carbocycles. The van der Waals surface area contributed by atoms with Gasteiger partial charge in [-0.05, 0) is 40.2 Å². The molecule has 0 radical (unpaired) electrons. The Labute approximate surface area is 141 Å². The summed E-state index contributed by atoms with van der Waals surface area (Å²) in [5.74, 6) is -0.0575. The van der Waals surface area contributed by atoms with Crippen LogP contribution >= 0.6 is 31.9 Å². The lowest BCUT2D eigenvalue weighted by atomic mass is 10.2. The Kier molecular flexibility index (Phi) is 5.12. The van der Waals surface area contributed by atoms with E-state index in [1.165, 1.54) is 24.4 Å². The van der Waals surface area contributed by atoms with Crippen molar-refractivity contribution in [1.82, 2.24) is 0 Å². The summed E-state index contributed by atoms with van der Waals surface area (Å²) < 4.78 is 39.6. The highest BCUT2D eigenvalue weighted by atomic mass is 79.9. The van der Waals surface area contributed by atoms with Crippen molar-refractivity contribution in [2.24, 2.45) is 5.10 Å². The van der Waals surface area contributed by atoms with E-state index >= 15 is 0 Å². The van der Waals surface area contributed by atoms with Gasteiger partial charge in [0.15, 0.2) is 0 Å². The second-order valence-corrected chi connectivity index (χ2v) is 6.01. The van der Waals surface area contributed by atoms with E-state index in [2.05, 4.69) is 42.4 Å². The Bertz CT molecular complexity index is 718. The first-order valence-corrected chi connectivity index (χ1v) is 7.51. The van der Waals surface area contributed by atoms with Crippen LogP contribution in [0.1, 0.15) is 11.1 Å². The number of phenols is 1. The number of hydrogen-bond acceptors (Lipinski definition) is 3. The number of para-hydroxylation sites is 1. The molecule has 0 spiro atoms. The average Bonchev–Trinajstić information content (AvgIpc) is 2.43. The number of hydrogen-bond donors (Lipinski definition) is 2. The van der Waals surface area contributed by atoms with E-state index in [0.717, 1.165) is 6.07 Å². The van der Waals surface area contributed by atoms with E-state index < -0.39 is 11.7 Å². The Morgan fingerprint density at radius 3 is 2.50 bits per heavy atom. The van der Waals surface area contributed by atoms with Crippen LogP contribution in [-0.2, 0) is 6.18 Å². The second-order valence-electron chi connectivity index (χ2n) is 4.24. The molecular formula is C14H9Br2F3N2O. The molecule has 0 aliphatic heterocycles. The van der Waals surface area contributed by atoms with Gasteiger partial charge in [-0.15, -0.1) is 0 Å². The molecule has 0 aliphatic rings. The Hall–Kier alpha value is -1.54. The Morgan fingerprint density at radius 1 is 1.14 bits per heavy atom. The normalized spacial score (nSPS) is 11.9. The van der Waals surface area contributed by atoms with Crippen LogP contribution < -0.4 is 5.43 Å². The van der Waals surface area contributed by atoms with Crippen molar-refractivity contribution in [3.05, 3.63) is 56.5 Å². The molecule has 0 unspecified atom stereocenters. The minimum Gasteiger partial charge on any atom is -0.506 e. The molecule has 3 nitrogen and oxygen atoms in total. The zero-order valence-corrected chi connectivity index (χ0v) is 14.0. The summed E-state index contributed by atoms with van der Waals surface area (Å²) in [6.07, 6.45) is -3.24. The SMILES string of the molecule is Oc1c(Br)cc(Br)cc1/C=N/Nc1ccccc1C(F)(F)F. The standard InChI is InChI=1S/C14H9Br2F3N2O/c15-9-5-8(13(22)11(16)6-9)7-20-21-12-4-2-1-3-10(12)14(17,18)19/h1-7,21-22H/b20-7+. The van der Waals surface area contributed by atoms with Gasteiger partial charge in [0.1, 0.15) is 5.75 Å². The van der Waals surface area contributed by atoms with Gasteiger partial charge in [0.25, 0.3) is 0 Å². The summed E-state index contributed by atoms with van der Waals surface area (Å²) in [7, 11) is 0. The van der Waals surface area contributed by atoms with Crippen molar-refractivity contribution in [2.45, 2.75) is 6.18 Å². The maximum absolute atomic E-state index is 12.8. The van der Waals surface area contributed by atoms with E-state index in [1.54, 1.807) is 12.1 Å². The van der Waals surface area contributed by atoms with Crippen LogP contribution in [0.15, 0.2) is 50.4 Å². The van der Waals surface area contributed by atoms with Gasteiger partial charge in [-0.3, -0.25) is 5.43 Å². The van der Waals surface area contributed by atoms with E-state index in [1.807, 2.05) is 0 Å². The molecule has 0 atom stereocenters. The van der Waals surface area contributed by atoms with Crippen molar-refractivity contribution in [3.8, 4) is 5.75 Å². The van der Waals surface area contributed by atoms with Crippen LogP contribution in [-0.4, -0.2) is 11.3 Å². The topological polar surface area (TPSA) is 44.6 Å². The molecule has 116 valence electrons.